The summed E-state index contributed by atoms with van der Waals surface area (Å²) in [6, 6.07) is 9.10. The first-order chi connectivity index (χ1) is 12.6. The van der Waals surface area contributed by atoms with Crippen molar-refractivity contribution in [2.45, 2.75) is 31.5 Å². The molecular formula is C19H18F3N3O2. The molecule has 3 rings (SSSR count). The van der Waals surface area contributed by atoms with Crippen LogP contribution in [0, 0.1) is 5.41 Å². The molecule has 0 saturated carbocycles. The smallest absolute Gasteiger partial charge is 0.406 e. The van der Waals surface area contributed by atoms with Crippen LogP contribution in [0.4, 0.5) is 13.2 Å². The van der Waals surface area contributed by atoms with E-state index in [-0.39, 0.29) is 23.9 Å². The Morgan fingerprint density at radius 2 is 1.96 bits per heavy atom. The molecule has 0 spiro atoms. The fraction of sp³-hybridized carbons (Fsp3) is 0.316. The lowest BCUT2D eigenvalue weighted by atomic mass is 9.74. The van der Waals surface area contributed by atoms with E-state index in [1.807, 2.05) is 6.92 Å². The summed E-state index contributed by atoms with van der Waals surface area (Å²) in [5.41, 5.74) is 1.18. The third-order valence-electron chi connectivity index (χ3n) is 4.70. The fourth-order valence-electron chi connectivity index (χ4n) is 3.17. The van der Waals surface area contributed by atoms with Crippen molar-refractivity contribution in [2.24, 2.45) is 0 Å². The maximum absolute atomic E-state index is 12.4. The molecule has 1 aliphatic rings. The van der Waals surface area contributed by atoms with Crippen LogP contribution in [0.5, 0.6) is 5.75 Å². The number of alkyl halides is 3. The molecule has 1 N–H and O–H groups in total. The first-order valence-corrected chi connectivity index (χ1v) is 8.24. The zero-order chi connectivity index (χ0) is 19.8. The summed E-state index contributed by atoms with van der Waals surface area (Å²) in [7, 11) is 1.58. The Hall–Kier alpha value is -2.90. The van der Waals surface area contributed by atoms with Crippen molar-refractivity contribution in [1.29, 1.82) is 5.41 Å². The number of amidine groups is 1. The molecule has 1 fully saturated rings. The van der Waals surface area contributed by atoms with E-state index in [2.05, 4.69) is 9.72 Å². The van der Waals surface area contributed by atoms with Crippen LogP contribution in [0.3, 0.4) is 0 Å². The number of halogens is 3. The average Bonchev–Trinajstić information content (AvgIpc) is 2.58. The molecule has 142 valence electrons. The predicted octanol–water partition coefficient (Wildman–Crippen LogP) is 4.13. The summed E-state index contributed by atoms with van der Waals surface area (Å²) < 4.78 is 41.3. The molecule has 1 aromatic carbocycles. The number of aromatic nitrogens is 1. The highest BCUT2D eigenvalue weighted by atomic mass is 19.4. The summed E-state index contributed by atoms with van der Waals surface area (Å²) in [5, 5.41) is 8.03. The molecule has 1 amide bonds. The number of ether oxygens (including phenoxy) is 1. The van der Waals surface area contributed by atoms with Gasteiger partial charge in [0.1, 0.15) is 11.6 Å². The van der Waals surface area contributed by atoms with Gasteiger partial charge in [-0.1, -0.05) is 19.1 Å². The molecule has 0 aliphatic carbocycles. The van der Waals surface area contributed by atoms with Gasteiger partial charge in [0.25, 0.3) is 0 Å². The molecule has 2 heterocycles. The van der Waals surface area contributed by atoms with Gasteiger partial charge in [-0.05, 0) is 29.8 Å². The van der Waals surface area contributed by atoms with Crippen molar-refractivity contribution in [2.75, 3.05) is 7.05 Å². The van der Waals surface area contributed by atoms with Crippen LogP contribution in [-0.4, -0.2) is 35.0 Å². The van der Waals surface area contributed by atoms with Gasteiger partial charge < -0.3 is 9.64 Å². The molecule has 27 heavy (non-hydrogen) atoms. The number of pyridine rings is 1. The molecule has 5 nitrogen and oxygen atoms in total. The molecule has 1 saturated heterocycles. The van der Waals surface area contributed by atoms with E-state index >= 15 is 0 Å². The normalized spacial score (nSPS) is 20.7. The summed E-state index contributed by atoms with van der Waals surface area (Å²) in [6.45, 7) is 1.90. The van der Waals surface area contributed by atoms with E-state index in [1.165, 1.54) is 23.1 Å². The number of carbonyl (C=O) groups is 1. The van der Waals surface area contributed by atoms with Gasteiger partial charge in [-0.15, -0.1) is 13.2 Å². The highest BCUT2D eigenvalue weighted by molar-refractivity contribution is 6.00. The van der Waals surface area contributed by atoms with Crippen LogP contribution < -0.4 is 4.74 Å². The van der Waals surface area contributed by atoms with Crippen molar-refractivity contribution >= 4 is 11.7 Å². The molecule has 1 aromatic heterocycles. The number of likely N-dealkylation sites (tertiary alicyclic amines) is 1. The van der Waals surface area contributed by atoms with E-state index in [9.17, 15) is 18.0 Å². The van der Waals surface area contributed by atoms with Crippen molar-refractivity contribution in [3.8, 4) is 17.0 Å². The lowest BCUT2D eigenvalue weighted by Crippen LogP contribution is -2.46. The number of piperidine rings is 1. The largest absolute Gasteiger partial charge is 0.573 e. The SMILES string of the molecule is CN1C(=N)C[C@](C)(c2ccnc(-c3cccc(OC(F)(F)F)c3)c2)CC1=O. The van der Waals surface area contributed by atoms with Crippen molar-refractivity contribution in [3.63, 3.8) is 0 Å². The van der Waals surface area contributed by atoms with E-state index in [0.717, 1.165) is 5.56 Å². The van der Waals surface area contributed by atoms with Crippen LogP contribution in [0.15, 0.2) is 42.6 Å². The number of benzene rings is 1. The first kappa shape index (κ1) is 18.9. The molecule has 0 radical (unpaired) electrons. The fourth-order valence-corrected chi connectivity index (χ4v) is 3.17. The van der Waals surface area contributed by atoms with E-state index in [1.54, 1.807) is 31.4 Å². The molecule has 1 atom stereocenters. The van der Waals surface area contributed by atoms with Gasteiger partial charge in [-0.2, -0.15) is 0 Å². The molecule has 0 bridgehead atoms. The lowest BCUT2D eigenvalue weighted by Gasteiger charge is -2.38. The molecule has 1 aliphatic heterocycles. The maximum Gasteiger partial charge on any atom is 0.573 e. The predicted molar refractivity (Wildman–Crippen MR) is 93.4 cm³/mol. The number of nitrogens with zero attached hydrogens (tertiary/aromatic N) is 2. The van der Waals surface area contributed by atoms with E-state index < -0.39 is 11.8 Å². The third kappa shape index (κ3) is 4.10. The number of hydrogen-bond donors (Lipinski definition) is 1. The van der Waals surface area contributed by atoms with Crippen LogP contribution in [0.25, 0.3) is 11.3 Å². The number of hydrogen-bond acceptors (Lipinski definition) is 4. The molecule has 2 aromatic rings. The van der Waals surface area contributed by atoms with Crippen molar-refractivity contribution in [3.05, 3.63) is 48.2 Å². The van der Waals surface area contributed by atoms with Gasteiger partial charge in [-0.25, -0.2) is 0 Å². The second kappa shape index (κ2) is 6.68. The Labute approximate surface area is 154 Å². The number of amides is 1. The van der Waals surface area contributed by atoms with E-state index in [0.29, 0.717) is 17.7 Å². The molecule has 8 heteroatoms. The summed E-state index contributed by atoms with van der Waals surface area (Å²) >= 11 is 0. The van der Waals surface area contributed by atoms with Gasteiger partial charge in [0.15, 0.2) is 0 Å². The van der Waals surface area contributed by atoms with E-state index in [4.69, 9.17) is 5.41 Å². The van der Waals surface area contributed by atoms with Gasteiger partial charge in [0.2, 0.25) is 5.91 Å². The summed E-state index contributed by atoms with van der Waals surface area (Å²) in [6.07, 6.45) is -2.58. The number of carbonyl (C=O) groups excluding carboxylic acids is 1. The zero-order valence-corrected chi connectivity index (χ0v) is 14.8. The number of nitrogens with one attached hydrogen (secondary N) is 1. The average molecular weight is 377 g/mol. The van der Waals surface area contributed by atoms with Gasteiger partial charge in [0, 0.05) is 37.1 Å². The summed E-state index contributed by atoms with van der Waals surface area (Å²) in [5.74, 6) is -0.241. The molecule has 0 unspecified atom stereocenters. The highest BCUT2D eigenvalue weighted by Crippen LogP contribution is 2.37. The van der Waals surface area contributed by atoms with Crippen LogP contribution in [0.1, 0.15) is 25.3 Å². The monoisotopic (exact) mass is 377 g/mol. The summed E-state index contributed by atoms with van der Waals surface area (Å²) in [4.78, 5) is 17.7. The Kier molecular flexibility index (Phi) is 4.67. The van der Waals surface area contributed by atoms with Gasteiger partial charge in [-0.3, -0.25) is 15.2 Å². The standard InChI is InChI=1S/C19H18F3N3O2/c1-18(10-16(23)25(2)17(26)11-18)13-6-7-24-15(9-13)12-4-3-5-14(8-12)27-19(20,21)22/h3-9,23H,10-11H2,1-2H3/t18-/m0/s1. The van der Waals surface area contributed by atoms with Crippen molar-refractivity contribution < 1.29 is 22.7 Å². The highest BCUT2D eigenvalue weighted by Gasteiger charge is 2.38. The Bertz CT molecular complexity index is 878. The van der Waals surface area contributed by atoms with Crippen molar-refractivity contribution in [1.82, 2.24) is 9.88 Å². The zero-order valence-electron chi connectivity index (χ0n) is 14.8. The minimum absolute atomic E-state index is 0.146. The first-order valence-electron chi connectivity index (χ1n) is 8.24. The second-order valence-corrected chi connectivity index (χ2v) is 6.82. The van der Waals surface area contributed by atoms with Crippen LogP contribution >= 0.6 is 0 Å². The number of rotatable bonds is 3. The Morgan fingerprint density at radius 1 is 1.22 bits per heavy atom. The molecular weight excluding hydrogens is 359 g/mol. The second-order valence-electron chi connectivity index (χ2n) is 6.82. The van der Waals surface area contributed by atoms with Gasteiger partial charge in [0.05, 0.1) is 5.69 Å². The quantitative estimate of drug-likeness (QED) is 0.874. The third-order valence-corrected chi connectivity index (χ3v) is 4.70. The van der Waals surface area contributed by atoms with Gasteiger partial charge >= 0.3 is 6.36 Å². The van der Waals surface area contributed by atoms with Crippen LogP contribution in [-0.2, 0) is 10.2 Å². The maximum atomic E-state index is 12.4. The minimum atomic E-state index is -4.77. The lowest BCUT2D eigenvalue weighted by molar-refractivity contribution is -0.274. The Balaban J connectivity index is 1.94. The van der Waals surface area contributed by atoms with Crippen LogP contribution in [0.2, 0.25) is 0 Å². The Morgan fingerprint density at radius 3 is 2.63 bits per heavy atom. The minimum Gasteiger partial charge on any atom is -0.406 e. The topological polar surface area (TPSA) is 66.3 Å².